The first-order chi connectivity index (χ1) is 13.5. The molecular formula is C22H21Cl2NO3. The highest BCUT2D eigenvalue weighted by atomic mass is 35.5. The number of aryl methyl sites for hydroxylation is 1. The average molecular weight is 418 g/mol. The van der Waals surface area contributed by atoms with Crippen molar-refractivity contribution in [2.45, 2.75) is 37.7 Å². The summed E-state index contributed by atoms with van der Waals surface area (Å²) in [6.07, 6.45) is 2.76. The van der Waals surface area contributed by atoms with Crippen LogP contribution in [0, 0.1) is 0 Å². The number of halogens is 2. The molecule has 0 saturated carbocycles. The Morgan fingerprint density at radius 3 is 2.54 bits per heavy atom. The van der Waals surface area contributed by atoms with Gasteiger partial charge >= 0.3 is 0 Å². The molecule has 146 valence electrons. The summed E-state index contributed by atoms with van der Waals surface area (Å²) in [5.74, 6) is 0.562. The summed E-state index contributed by atoms with van der Waals surface area (Å²) < 4.78 is 6.22. The first-order valence-electron chi connectivity index (χ1n) is 9.49. The molecule has 0 N–H and O–H groups in total. The van der Waals surface area contributed by atoms with Gasteiger partial charge in [-0.25, -0.2) is 0 Å². The molecule has 0 radical (unpaired) electrons. The van der Waals surface area contributed by atoms with Crippen molar-refractivity contribution in [2.24, 2.45) is 0 Å². The standard InChI is InChI=1S/C22H21Cl2NO3/c23-16-12-17-19(26)14-22(28-21(17)18(24)13-16)8-10-25(11-9-22)20(27)7-6-15-4-2-1-3-5-15/h1-5,12-13H,6-11,14H2. The highest BCUT2D eigenvalue weighted by Gasteiger charge is 2.44. The molecule has 28 heavy (non-hydrogen) atoms. The molecule has 2 aliphatic heterocycles. The molecule has 2 aromatic rings. The van der Waals surface area contributed by atoms with Crippen LogP contribution in [0.25, 0.3) is 0 Å². The van der Waals surface area contributed by atoms with Gasteiger partial charge in [-0.3, -0.25) is 9.59 Å². The van der Waals surface area contributed by atoms with Gasteiger partial charge in [0.15, 0.2) is 5.78 Å². The smallest absolute Gasteiger partial charge is 0.222 e. The Labute approximate surface area is 174 Å². The largest absolute Gasteiger partial charge is 0.484 e. The maximum Gasteiger partial charge on any atom is 0.222 e. The Morgan fingerprint density at radius 1 is 1.11 bits per heavy atom. The highest BCUT2D eigenvalue weighted by molar-refractivity contribution is 6.36. The Bertz CT molecular complexity index is 905. The fraction of sp³-hybridized carbons (Fsp3) is 0.364. The number of fused-ring (bicyclic) bond motifs is 1. The second-order valence-electron chi connectivity index (χ2n) is 7.52. The summed E-state index contributed by atoms with van der Waals surface area (Å²) in [6, 6.07) is 13.2. The van der Waals surface area contributed by atoms with E-state index in [1.54, 1.807) is 12.1 Å². The summed E-state index contributed by atoms with van der Waals surface area (Å²) in [6.45, 7) is 1.17. The van der Waals surface area contributed by atoms with Crippen LogP contribution >= 0.6 is 23.2 Å². The van der Waals surface area contributed by atoms with Gasteiger partial charge in [-0.2, -0.15) is 0 Å². The second kappa shape index (κ2) is 7.76. The number of amides is 1. The summed E-state index contributed by atoms with van der Waals surface area (Å²) in [5.41, 5.74) is 1.03. The molecule has 6 heteroatoms. The highest BCUT2D eigenvalue weighted by Crippen LogP contribution is 2.44. The van der Waals surface area contributed by atoms with Gasteiger partial charge in [-0.05, 0) is 24.1 Å². The lowest BCUT2D eigenvalue weighted by Gasteiger charge is -2.44. The van der Waals surface area contributed by atoms with Gasteiger partial charge in [-0.15, -0.1) is 0 Å². The van der Waals surface area contributed by atoms with E-state index in [4.69, 9.17) is 27.9 Å². The number of ketones is 1. The summed E-state index contributed by atoms with van der Waals surface area (Å²) in [4.78, 5) is 27.1. The van der Waals surface area contributed by atoms with E-state index in [9.17, 15) is 9.59 Å². The number of benzene rings is 2. The zero-order valence-corrected chi connectivity index (χ0v) is 16.9. The number of nitrogens with zero attached hydrogens (tertiary/aromatic N) is 1. The minimum atomic E-state index is -0.586. The van der Waals surface area contributed by atoms with Crippen LogP contribution < -0.4 is 4.74 Å². The second-order valence-corrected chi connectivity index (χ2v) is 8.36. The molecule has 0 bridgehead atoms. The van der Waals surface area contributed by atoms with E-state index in [-0.39, 0.29) is 11.7 Å². The molecule has 2 aromatic carbocycles. The molecule has 4 nitrogen and oxygen atoms in total. The van der Waals surface area contributed by atoms with Gasteiger partial charge in [0.2, 0.25) is 5.91 Å². The topological polar surface area (TPSA) is 46.6 Å². The van der Waals surface area contributed by atoms with Crippen molar-refractivity contribution in [3.8, 4) is 5.75 Å². The lowest BCUT2D eigenvalue weighted by Crippen LogP contribution is -2.52. The van der Waals surface area contributed by atoms with Crippen molar-refractivity contribution in [1.29, 1.82) is 0 Å². The normalized spacial score (nSPS) is 17.9. The number of hydrogen-bond donors (Lipinski definition) is 0. The van der Waals surface area contributed by atoms with Crippen LogP contribution in [0.2, 0.25) is 10.0 Å². The van der Waals surface area contributed by atoms with Crippen molar-refractivity contribution < 1.29 is 14.3 Å². The van der Waals surface area contributed by atoms with Crippen LogP contribution in [0.1, 0.15) is 41.6 Å². The number of piperidine rings is 1. The summed E-state index contributed by atoms with van der Waals surface area (Å²) >= 11 is 12.3. The minimum absolute atomic E-state index is 0.00509. The monoisotopic (exact) mass is 417 g/mol. The number of Topliss-reactive ketones (excluding diaryl/α,β-unsaturated/α-hetero) is 1. The number of likely N-dealkylation sites (tertiary alicyclic amines) is 1. The lowest BCUT2D eigenvalue weighted by atomic mass is 9.82. The molecule has 4 rings (SSSR count). The minimum Gasteiger partial charge on any atom is -0.484 e. The number of rotatable bonds is 3. The SMILES string of the molecule is O=C1CC2(CCN(C(=O)CCc3ccccc3)CC2)Oc2c(Cl)cc(Cl)cc21. The maximum absolute atomic E-state index is 12.7. The first kappa shape index (κ1) is 19.3. The van der Waals surface area contributed by atoms with Gasteiger partial charge < -0.3 is 9.64 Å². The quantitative estimate of drug-likeness (QED) is 0.709. The Kier molecular flexibility index (Phi) is 5.35. The maximum atomic E-state index is 12.7. The lowest BCUT2D eigenvalue weighted by molar-refractivity contribution is -0.134. The fourth-order valence-electron chi connectivity index (χ4n) is 4.01. The molecule has 1 amide bonds. The Hall–Kier alpha value is -2.04. The van der Waals surface area contributed by atoms with Crippen molar-refractivity contribution in [2.75, 3.05) is 13.1 Å². The van der Waals surface area contributed by atoms with E-state index in [1.807, 2.05) is 35.2 Å². The van der Waals surface area contributed by atoms with Crippen LogP contribution in [-0.2, 0) is 11.2 Å². The van der Waals surface area contributed by atoms with Gasteiger partial charge in [-0.1, -0.05) is 53.5 Å². The van der Waals surface area contributed by atoms with E-state index in [0.717, 1.165) is 12.0 Å². The molecule has 0 aliphatic carbocycles. The summed E-state index contributed by atoms with van der Waals surface area (Å²) in [7, 11) is 0. The van der Waals surface area contributed by atoms with Gasteiger partial charge in [0, 0.05) is 37.4 Å². The molecule has 1 spiro atoms. The van der Waals surface area contributed by atoms with E-state index < -0.39 is 5.60 Å². The van der Waals surface area contributed by atoms with E-state index in [0.29, 0.717) is 60.1 Å². The molecular weight excluding hydrogens is 397 g/mol. The van der Waals surface area contributed by atoms with Crippen molar-refractivity contribution in [1.82, 2.24) is 4.90 Å². The molecule has 1 saturated heterocycles. The molecule has 2 heterocycles. The van der Waals surface area contributed by atoms with Gasteiger partial charge in [0.05, 0.1) is 17.0 Å². The molecule has 0 unspecified atom stereocenters. The third kappa shape index (κ3) is 3.89. The zero-order chi connectivity index (χ0) is 19.7. The fourth-order valence-corrected chi connectivity index (χ4v) is 4.54. The van der Waals surface area contributed by atoms with E-state index in [2.05, 4.69) is 0 Å². The number of carbonyl (C=O) groups excluding carboxylic acids is 2. The first-order valence-corrected chi connectivity index (χ1v) is 10.2. The molecule has 0 atom stereocenters. The van der Waals surface area contributed by atoms with Crippen LogP contribution in [0.3, 0.4) is 0 Å². The number of hydrogen-bond acceptors (Lipinski definition) is 3. The zero-order valence-electron chi connectivity index (χ0n) is 15.4. The average Bonchev–Trinajstić information content (AvgIpc) is 2.69. The van der Waals surface area contributed by atoms with Crippen LogP contribution in [0.4, 0.5) is 0 Å². The van der Waals surface area contributed by atoms with Crippen molar-refractivity contribution >= 4 is 34.9 Å². The molecule has 2 aliphatic rings. The van der Waals surface area contributed by atoms with Crippen LogP contribution in [0.15, 0.2) is 42.5 Å². The number of carbonyl (C=O) groups is 2. The van der Waals surface area contributed by atoms with Crippen molar-refractivity contribution in [3.63, 3.8) is 0 Å². The van der Waals surface area contributed by atoms with E-state index in [1.165, 1.54) is 0 Å². The molecule has 1 fully saturated rings. The molecule has 0 aromatic heterocycles. The Morgan fingerprint density at radius 2 is 1.82 bits per heavy atom. The van der Waals surface area contributed by atoms with Gasteiger partial charge in [0.25, 0.3) is 0 Å². The predicted molar refractivity (Wildman–Crippen MR) is 109 cm³/mol. The van der Waals surface area contributed by atoms with Gasteiger partial charge in [0.1, 0.15) is 11.4 Å². The van der Waals surface area contributed by atoms with Crippen LogP contribution in [-0.4, -0.2) is 35.3 Å². The predicted octanol–water partition coefficient (Wildman–Crippen LogP) is 4.95. The van der Waals surface area contributed by atoms with Crippen LogP contribution in [0.5, 0.6) is 5.75 Å². The van der Waals surface area contributed by atoms with Crippen molar-refractivity contribution in [3.05, 3.63) is 63.6 Å². The Balaban J connectivity index is 1.39. The third-order valence-corrected chi connectivity index (χ3v) is 6.11. The summed E-state index contributed by atoms with van der Waals surface area (Å²) in [5, 5.41) is 0.784. The number of ether oxygens (including phenoxy) is 1. The third-order valence-electron chi connectivity index (χ3n) is 5.61. The van der Waals surface area contributed by atoms with E-state index >= 15 is 0 Å².